The van der Waals surface area contributed by atoms with E-state index in [4.69, 9.17) is 0 Å². The topological polar surface area (TPSA) is 132 Å². The maximum Gasteiger partial charge on any atom is 2.00 e. The van der Waals surface area contributed by atoms with E-state index in [1.165, 1.54) is 0 Å². The summed E-state index contributed by atoms with van der Waals surface area (Å²) in [4.78, 5) is 18.1. The number of hydrogen-bond donors (Lipinski definition) is 0. The smallest absolute Gasteiger partial charge is 0.868 e. The molecule has 1 aromatic rings. The van der Waals surface area contributed by atoms with Gasteiger partial charge in [-0.15, -0.1) is 0 Å². The molecule has 0 atom stereocenters. The number of rotatable bonds is 2. The maximum absolute atomic E-state index is 11.0. The minimum absolute atomic E-state index is 0. The Labute approximate surface area is 103 Å². The average Bonchev–Trinajstić information content (AvgIpc) is 2.02. The zero-order chi connectivity index (χ0) is 10.9. The van der Waals surface area contributed by atoms with Crippen molar-refractivity contribution in [1.82, 2.24) is 0 Å². The normalized spacial score (nSPS) is 9.07. The molecular weight excluding hydrogens is 403 g/mol. The van der Waals surface area contributed by atoms with E-state index in [1.807, 2.05) is 0 Å². The van der Waals surface area contributed by atoms with Crippen LogP contribution in [0.3, 0.4) is 0 Å². The molecule has 0 saturated heterocycles. The largest absolute Gasteiger partial charge is 2.00 e. The molecule has 0 saturated carbocycles. The van der Waals surface area contributed by atoms with E-state index in [0.717, 1.165) is 0 Å². The molecule has 0 aliphatic heterocycles. The van der Waals surface area contributed by atoms with Gasteiger partial charge in [-0.1, -0.05) is 6.07 Å². The van der Waals surface area contributed by atoms with Crippen LogP contribution < -0.4 is 10.2 Å². The van der Waals surface area contributed by atoms with Gasteiger partial charge in [-0.25, -0.2) is 0 Å². The van der Waals surface area contributed by atoms with Gasteiger partial charge in [0.2, 0.25) is 0 Å². The summed E-state index contributed by atoms with van der Waals surface area (Å²) in [6.07, 6.45) is 0. The Hall–Kier alpha value is -1.46. The Balaban J connectivity index is 0.00000196. The van der Waals surface area contributed by atoms with Crippen molar-refractivity contribution in [3.8, 4) is 11.5 Å². The van der Waals surface area contributed by atoms with Gasteiger partial charge in [0.05, 0.1) is 15.6 Å². The molecule has 0 unspecified atom stereocenters. The zero-order valence-electron chi connectivity index (χ0n) is 7.00. The maximum atomic E-state index is 11.0. The fourth-order valence-corrected chi connectivity index (χ4v) is 0.859. The number of nitro groups is 2. The predicted octanol–water partition coefficient (Wildman–Crippen LogP) is -0.731. The van der Waals surface area contributed by atoms with Crippen molar-refractivity contribution in [2.45, 2.75) is 0 Å². The van der Waals surface area contributed by atoms with E-state index < -0.39 is 32.7 Å². The van der Waals surface area contributed by atoms with Crippen LogP contribution in [0.25, 0.3) is 0 Å². The molecule has 0 aromatic heterocycles. The third-order valence-corrected chi connectivity index (χ3v) is 1.45. The molecule has 0 amide bonds. The number of nitro benzene ring substituents is 2. The van der Waals surface area contributed by atoms with Gasteiger partial charge in [0.25, 0.3) is 11.4 Å². The first-order valence-electron chi connectivity index (χ1n) is 3.25. The van der Waals surface area contributed by atoms with Crippen LogP contribution in [0, 0.1) is 20.2 Å². The summed E-state index contributed by atoms with van der Waals surface area (Å²) in [5, 5.41) is 42.2. The molecule has 0 heterocycles. The van der Waals surface area contributed by atoms with Crippen molar-refractivity contribution in [3.63, 3.8) is 0 Å². The first kappa shape index (κ1) is 13.5. The Bertz CT molecular complexity index is 420. The van der Waals surface area contributed by atoms with Gasteiger partial charge >= 0.3 is 27.3 Å². The molecule has 1 aromatic carbocycles. The number of benzene rings is 1. The van der Waals surface area contributed by atoms with Gasteiger partial charge in [-0.2, -0.15) is 0 Å². The summed E-state index contributed by atoms with van der Waals surface area (Å²) in [6, 6.07) is 1.27. The Morgan fingerprint density at radius 1 is 1.00 bits per heavy atom. The van der Waals surface area contributed by atoms with Crippen LogP contribution in [0.5, 0.6) is 11.5 Å². The van der Waals surface area contributed by atoms with E-state index in [1.54, 1.807) is 0 Å². The SMILES string of the molecule is O=[N+]([O-])c1ccc([O-])c([N+](=O)[O-])c1[O-].[Pb+2]. The molecule has 0 aliphatic carbocycles. The van der Waals surface area contributed by atoms with Crippen molar-refractivity contribution < 1.29 is 20.1 Å². The molecule has 15 heavy (non-hydrogen) atoms. The van der Waals surface area contributed by atoms with Crippen LogP contribution in [0.4, 0.5) is 11.4 Å². The molecule has 2 radical (unpaired) electrons. The van der Waals surface area contributed by atoms with Gasteiger partial charge < -0.3 is 10.2 Å². The third-order valence-electron chi connectivity index (χ3n) is 1.45. The van der Waals surface area contributed by atoms with Gasteiger partial charge in [-0.05, 0) is 5.75 Å². The average molecular weight is 405 g/mol. The second-order valence-electron chi connectivity index (χ2n) is 2.27. The van der Waals surface area contributed by atoms with Crippen molar-refractivity contribution in [3.05, 3.63) is 32.4 Å². The standard InChI is InChI=1S/C6H4N2O6.Pb/c9-4-2-1-3(7(11)12)6(10)5(4)8(13)14;/h1-2,9-10H;/q;+2/p-2. The molecule has 0 N–H and O–H groups in total. The van der Waals surface area contributed by atoms with Crippen LogP contribution in [0.2, 0.25) is 0 Å². The van der Waals surface area contributed by atoms with Crippen molar-refractivity contribution in [2.24, 2.45) is 0 Å². The molecule has 8 nitrogen and oxygen atoms in total. The number of hydrogen-bond acceptors (Lipinski definition) is 6. The van der Waals surface area contributed by atoms with Crippen LogP contribution in [-0.4, -0.2) is 37.1 Å². The first-order valence-corrected chi connectivity index (χ1v) is 3.25. The molecule has 1 rings (SSSR count). The summed E-state index contributed by atoms with van der Waals surface area (Å²) in [5.41, 5.74) is -2.27. The fraction of sp³-hybridized carbons (Fsp3) is 0. The Morgan fingerprint density at radius 2 is 1.53 bits per heavy atom. The fourth-order valence-electron chi connectivity index (χ4n) is 0.859. The Morgan fingerprint density at radius 3 is 1.93 bits per heavy atom. The molecule has 9 heteroatoms. The molecular formula is C6H2N2O6Pb. The van der Waals surface area contributed by atoms with Crippen LogP contribution in [-0.2, 0) is 0 Å². The van der Waals surface area contributed by atoms with Crippen molar-refractivity contribution in [1.29, 1.82) is 0 Å². The third kappa shape index (κ3) is 2.51. The van der Waals surface area contributed by atoms with Gasteiger partial charge in [0.15, 0.2) is 0 Å². The van der Waals surface area contributed by atoms with Crippen LogP contribution in [0.1, 0.15) is 0 Å². The first-order chi connectivity index (χ1) is 6.45. The van der Waals surface area contributed by atoms with Crippen LogP contribution in [0.15, 0.2) is 12.1 Å². The zero-order valence-corrected chi connectivity index (χ0v) is 10.9. The summed E-state index contributed by atoms with van der Waals surface area (Å²) in [7, 11) is 0. The van der Waals surface area contributed by atoms with Gasteiger partial charge in [0.1, 0.15) is 0 Å². The quantitative estimate of drug-likeness (QED) is 0.362. The second-order valence-corrected chi connectivity index (χ2v) is 2.27. The summed E-state index contributed by atoms with van der Waals surface area (Å²) >= 11 is 0. The second kappa shape index (κ2) is 4.86. The molecule has 76 valence electrons. The molecule has 0 bridgehead atoms. The van der Waals surface area contributed by atoms with Gasteiger partial charge in [-0.3, -0.25) is 20.2 Å². The monoisotopic (exact) mass is 406 g/mol. The molecule has 0 fully saturated rings. The summed E-state index contributed by atoms with van der Waals surface area (Å²) in [5.74, 6) is -2.60. The minimum atomic E-state index is -1.47. The van der Waals surface area contributed by atoms with E-state index in [0.29, 0.717) is 12.1 Å². The van der Waals surface area contributed by atoms with E-state index in [9.17, 15) is 30.4 Å². The molecule has 0 spiro atoms. The van der Waals surface area contributed by atoms with E-state index >= 15 is 0 Å². The summed E-state index contributed by atoms with van der Waals surface area (Å²) in [6.45, 7) is 0. The van der Waals surface area contributed by atoms with Crippen LogP contribution >= 0.6 is 0 Å². The number of nitrogens with zero attached hydrogens (tertiary/aromatic N) is 2. The summed E-state index contributed by atoms with van der Waals surface area (Å²) < 4.78 is 0. The molecule has 0 aliphatic rings. The van der Waals surface area contributed by atoms with Crippen molar-refractivity contribution >= 4 is 38.7 Å². The van der Waals surface area contributed by atoms with Crippen molar-refractivity contribution in [2.75, 3.05) is 0 Å². The minimum Gasteiger partial charge on any atom is -0.868 e. The van der Waals surface area contributed by atoms with E-state index in [2.05, 4.69) is 0 Å². The van der Waals surface area contributed by atoms with E-state index in [-0.39, 0.29) is 27.3 Å². The van der Waals surface area contributed by atoms with Gasteiger partial charge in [0, 0.05) is 6.07 Å². The Kier molecular flexibility index (Phi) is 4.39. The predicted molar refractivity (Wildman–Crippen MR) is 44.4 cm³/mol.